The second-order valence-electron chi connectivity index (χ2n) is 5.40. The molecule has 0 aliphatic heterocycles. The Bertz CT molecular complexity index is 1080. The molecule has 2 aromatic heterocycles. The maximum Gasteiger partial charge on any atom is 0.417 e. The lowest BCUT2D eigenvalue weighted by atomic mass is 10.2. The van der Waals surface area contributed by atoms with Crippen LogP contribution in [0.4, 0.5) is 0 Å². The van der Waals surface area contributed by atoms with E-state index in [-0.39, 0.29) is 15.1 Å². The molecule has 148 valence electrons. The lowest BCUT2D eigenvalue weighted by Gasteiger charge is -2.26. The number of halogens is 1. The zero-order chi connectivity index (χ0) is 20.2. The van der Waals surface area contributed by atoms with Gasteiger partial charge in [-0.2, -0.15) is 4.72 Å². The van der Waals surface area contributed by atoms with Crippen LogP contribution in [-0.4, -0.2) is 13.4 Å². The predicted molar refractivity (Wildman–Crippen MR) is 107 cm³/mol. The Morgan fingerprint density at radius 3 is 2.50 bits per heavy atom. The summed E-state index contributed by atoms with van der Waals surface area (Å²) in [5.74, 6) is 3.81. The zero-order valence-electron chi connectivity index (χ0n) is 14.1. The van der Waals surface area contributed by atoms with Crippen molar-refractivity contribution >= 4 is 40.6 Å². The summed E-state index contributed by atoms with van der Waals surface area (Å²) >= 11 is 6.97. The van der Waals surface area contributed by atoms with E-state index in [1.807, 2.05) is 0 Å². The van der Waals surface area contributed by atoms with Gasteiger partial charge >= 0.3 is 7.60 Å². The first-order valence-electron chi connectivity index (χ1n) is 7.75. The van der Waals surface area contributed by atoms with Crippen LogP contribution in [0.5, 0.6) is 5.75 Å². The van der Waals surface area contributed by atoms with Crippen LogP contribution < -0.4 is 15.1 Å². The van der Waals surface area contributed by atoms with E-state index in [1.54, 1.807) is 41.8 Å². The number of nitrogens with one attached hydrogen (secondary N) is 1. The number of aromatic nitrogens is 1. The highest BCUT2D eigenvalue weighted by Crippen LogP contribution is 2.59. The van der Waals surface area contributed by atoms with E-state index in [4.69, 9.17) is 26.6 Å². The molecule has 8 nitrogen and oxygen atoms in total. The Morgan fingerprint density at radius 2 is 1.89 bits per heavy atom. The number of hydrogen-bond donors (Lipinski definition) is 2. The summed E-state index contributed by atoms with van der Waals surface area (Å²) in [6.07, 6.45) is 1.41. The highest BCUT2D eigenvalue weighted by Gasteiger charge is 2.42. The van der Waals surface area contributed by atoms with E-state index in [9.17, 15) is 13.0 Å². The predicted octanol–water partition coefficient (Wildman–Crippen LogP) is 3.94. The zero-order valence-corrected chi connectivity index (χ0v) is 17.4. The monoisotopic (exact) mass is 459 g/mol. The second kappa shape index (κ2) is 8.71. The Morgan fingerprint density at radius 1 is 1.14 bits per heavy atom. The van der Waals surface area contributed by atoms with Crippen LogP contribution in [0.1, 0.15) is 11.3 Å². The van der Waals surface area contributed by atoms with Crippen molar-refractivity contribution in [3.63, 3.8) is 0 Å². The number of nitrogens with zero attached hydrogens (tertiary/aromatic N) is 1. The van der Waals surface area contributed by atoms with Gasteiger partial charge in [0.25, 0.3) is 10.0 Å². The number of pyridine rings is 1. The molecule has 3 rings (SSSR count). The number of hydrogen-bond acceptors (Lipinski definition) is 8. The summed E-state index contributed by atoms with van der Waals surface area (Å²) in [5.41, 5.74) is 0.330. The number of nitrogens with two attached hydrogens (primary N) is 1. The molecule has 12 heteroatoms. The maximum atomic E-state index is 13.5. The van der Waals surface area contributed by atoms with Gasteiger partial charge in [-0.15, -0.1) is 11.3 Å². The smallest absolute Gasteiger partial charge is 0.417 e. The summed E-state index contributed by atoms with van der Waals surface area (Å²) in [6, 6.07) is 14.1. The molecule has 0 saturated carbocycles. The van der Waals surface area contributed by atoms with Crippen LogP contribution in [0.15, 0.2) is 70.4 Å². The Kier molecular flexibility index (Phi) is 6.51. The van der Waals surface area contributed by atoms with Crippen molar-refractivity contribution in [3.8, 4) is 5.75 Å². The van der Waals surface area contributed by atoms with Crippen molar-refractivity contribution in [3.05, 3.63) is 76.9 Å². The number of benzene rings is 1. The van der Waals surface area contributed by atoms with Crippen molar-refractivity contribution in [1.29, 1.82) is 0 Å². The van der Waals surface area contributed by atoms with E-state index in [0.29, 0.717) is 5.56 Å². The van der Waals surface area contributed by atoms with Gasteiger partial charge in [0.05, 0.1) is 0 Å². The van der Waals surface area contributed by atoms with Gasteiger partial charge in [0, 0.05) is 6.20 Å². The first-order chi connectivity index (χ1) is 13.4. The van der Waals surface area contributed by atoms with Crippen LogP contribution in [0, 0.1) is 0 Å². The molecule has 0 aliphatic carbocycles. The van der Waals surface area contributed by atoms with Crippen molar-refractivity contribution in [2.24, 2.45) is 5.90 Å². The summed E-state index contributed by atoms with van der Waals surface area (Å²) in [4.78, 5) is 3.83. The van der Waals surface area contributed by atoms with Gasteiger partial charge in [-0.3, -0.25) is 0 Å². The molecule has 2 atom stereocenters. The first kappa shape index (κ1) is 20.9. The van der Waals surface area contributed by atoms with E-state index in [2.05, 4.69) is 9.71 Å². The number of sulfonamides is 1. The third-order valence-electron chi connectivity index (χ3n) is 3.56. The molecule has 0 saturated heterocycles. The Balaban J connectivity index is 2.04. The van der Waals surface area contributed by atoms with E-state index < -0.39 is 23.4 Å². The molecule has 3 aromatic rings. The third kappa shape index (κ3) is 4.61. The largest absolute Gasteiger partial charge is 0.419 e. The summed E-state index contributed by atoms with van der Waals surface area (Å²) < 4.78 is 51.5. The number of rotatable bonds is 8. The van der Waals surface area contributed by atoms with E-state index >= 15 is 0 Å². The maximum absolute atomic E-state index is 13.5. The third-order valence-corrected chi connectivity index (χ3v) is 8.64. The lowest BCUT2D eigenvalue weighted by molar-refractivity contribution is 0.262. The van der Waals surface area contributed by atoms with Crippen molar-refractivity contribution in [2.45, 2.75) is 9.99 Å². The molecule has 2 unspecified atom stereocenters. The summed E-state index contributed by atoms with van der Waals surface area (Å²) in [5, 5.41) is 1.53. The summed E-state index contributed by atoms with van der Waals surface area (Å²) in [6.45, 7) is 0. The van der Waals surface area contributed by atoms with Crippen molar-refractivity contribution in [2.75, 3.05) is 0 Å². The molecular weight excluding hydrogens is 445 g/mol. The van der Waals surface area contributed by atoms with Gasteiger partial charge in [-0.05, 0) is 29.1 Å². The van der Waals surface area contributed by atoms with Crippen molar-refractivity contribution < 1.29 is 22.1 Å². The average Bonchev–Trinajstić information content (AvgIpc) is 3.24. The summed E-state index contributed by atoms with van der Waals surface area (Å²) in [7, 11) is -8.34. The van der Waals surface area contributed by atoms with Crippen LogP contribution in [0.25, 0.3) is 0 Å². The molecule has 0 bridgehead atoms. The molecule has 2 heterocycles. The minimum atomic E-state index is -4.31. The second-order valence-corrected chi connectivity index (χ2v) is 10.6. The standard InChI is InChI=1S/C16H15ClN3O5PS2/c17-15-13(8-4-10-19-15)24-26(21,25-18)16(12-6-2-1-3-7-12)20-28(22,23)14-9-5-11-27-14/h1-11,16,20H,18H2. The van der Waals surface area contributed by atoms with Crippen LogP contribution >= 0.6 is 30.5 Å². The van der Waals surface area contributed by atoms with Gasteiger partial charge in [0.15, 0.2) is 16.7 Å². The van der Waals surface area contributed by atoms with Crippen molar-refractivity contribution in [1.82, 2.24) is 9.71 Å². The average molecular weight is 460 g/mol. The fourth-order valence-electron chi connectivity index (χ4n) is 2.28. The SMILES string of the molecule is NOP(=O)(Oc1cccnc1Cl)C(NS(=O)(=O)c1cccs1)c1ccccc1. The normalized spacial score (nSPS) is 14.9. The van der Waals surface area contributed by atoms with Gasteiger partial charge < -0.3 is 4.52 Å². The molecule has 0 fully saturated rings. The molecule has 0 radical (unpaired) electrons. The van der Waals surface area contributed by atoms with Gasteiger partial charge in [-0.25, -0.2) is 28.5 Å². The highest BCUT2D eigenvalue weighted by molar-refractivity contribution is 7.91. The number of thiophene rings is 1. The Labute approximate surface area is 170 Å². The van der Waals surface area contributed by atoms with Gasteiger partial charge in [-0.1, -0.05) is 48.0 Å². The first-order valence-corrected chi connectivity index (χ1v) is 12.1. The van der Waals surface area contributed by atoms with Crippen LogP contribution in [-0.2, 0) is 19.2 Å². The van der Waals surface area contributed by atoms with E-state index in [1.165, 1.54) is 24.4 Å². The van der Waals surface area contributed by atoms with Gasteiger partial charge in [0.2, 0.25) is 0 Å². The van der Waals surface area contributed by atoms with Gasteiger partial charge in [0.1, 0.15) is 4.21 Å². The fourth-order valence-corrected chi connectivity index (χ4v) is 6.73. The quantitative estimate of drug-likeness (QED) is 0.297. The topological polar surface area (TPSA) is 121 Å². The molecule has 3 N–H and O–H groups in total. The molecule has 0 aliphatic rings. The molecular formula is C16H15ClN3O5PS2. The van der Waals surface area contributed by atoms with Crippen LogP contribution in [0.3, 0.4) is 0 Å². The Hall–Kier alpha value is -1.78. The minimum absolute atomic E-state index is 0.0383. The minimum Gasteiger partial charge on any atom is -0.419 e. The molecule has 1 aromatic carbocycles. The lowest BCUT2D eigenvalue weighted by Crippen LogP contribution is -2.30. The fraction of sp³-hybridized carbons (Fsp3) is 0.0625. The highest BCUT2D eigenvalue weighted by atomic mass is 35.5. The van der Waals surface area contributed by atoms with Crippen LogP contribution in [0.2, 0.25) is 5.15 Å². The molecule has 0 spiro atoms. The van der Waals surface area contributed by atoms with E-state index in [0.717, 1.165) is 11.3 Å². The molecule has 28 heavy (non-hydrogen) atoms. The molecule has 0 amide bonds.